The lowest BCUT2D eigenvalue weighted by molar-refractivity contribution is -0.118. The highest BCUT2D eigenvalue weighted by Gasteiger charge is 2.40. The lowest BCUT2D eigenvalue weighted by atomic mass is 10.1. The van der Waals surface area contributed by atoms with Crippen LogP contribution in [-0.4, -0.2) is 50.6 Å². The van der Waals surface area contributed by atoms with Gasteiger partial charge in [0.1, 0.15) is 11.4 Å². The molecule has 26 heavy (non-hydrogen) atoms. The third-order valence-electron chi connectivity index (χ3n) is 4.03. The molecule has 0 rings (SSSR count). The smallest absolute Gasteiger partial charge is 0.341 e. The van der Waals surface area contributed by atoms with E-state index in [4.69, 9.17) is 18.5 Å². The van der Waals surface area contributed by atoms with E-state index in [-0.39, 0.29) is 25.1 Å². The van der Waals surface area contributed by atoms with Crippen LogP contribution in [0.3, 0.4) is 0 Å². The predicted molar refractivity (Wildman–Crippen MR) is 105 cm³/mol. The summed E-state index contributed by atoms with van der Waals surface area (Å²) in [7, 11) is -3.50. The van der Waals surface area contributed by atoms with Gasteiger partial charge in [0.15, 0.2) is 0 Å². The summed E-state index contributed by atoms with van der Waals surface area (Å²) in [6, 6.07) is 0. The van der Waals surface area contributed by atoms with Crippen LogP contribution in [0, 0.1) is 0 Å². The molecule has 0 N–H and O–H groups in total. The Balaban J connectivity index is 4.97. The SMILES string of the molecule is CCCCOCCC(CC(C(C)=O)P(=O)(OCC)OCC)OCCCC. The average Bonchev–Trinajstić information content (AvgIpc) is 2.58. The second-order valence-electron chi connectivity index (χ2n) is 6.34. The molecule has 0 aromatic rings. The Bertz CT molecular complexity index is 391. The van der Waals surface area contributed by atoms with Gasteiger partial charge in [-0.2, -0.15) is 0 Å². The van der Waals surface area contributed by atoms with E-state index in [9.17, 15) is 9.36 Å². The highest BCUT2D eigenvalue weighted by molar-refractivity contribution is 7.55. The molecule has 0 saturated heterocycles. The van der Waals surface area contributed by atoms with Crippen LogP contribution in [0.1, 0.15) is 73.1 Å². The van der Waals surface area contributed by atoms with Crippen LogP contribution in [0.5, 0.6) is 0 Å². The minimum Gasteiger partial charge on any atom is -0.381 e. The summed E-state index contributed by atoms with van der Waals surface area (Å²) in [5.74, 6) is -0.189. The van der Waals surface area contributed by atoms with Crippen LogP contribution >= 0.6 is 7.60 Å². The highest BCUT2D eigenvalue weighted by Crippen LogP contribution is 2.55. The van der Waals surface area contributed by atoms with Crippen LogP contribution in [0.15, 0.2) is 0 Å². The Hall–Kier alpha value is -0.260. The summed E-state index contributed by atoms with van der Waals surface area (Å²) in [4.78, 5) is 12.2. The number of ketones is 1. The van der Waals surface area contributed by atoms with Gasteiger partial charge in [0.25, 0.3) is 0 Å². The number of hydrogen-bond donors (Lipinski definition) is 0. The molecular formula is C19H39O6P. The van der Waals surface area contributed by atoms with Crippen molar-refractivity contribution in [2.45, 2.75) is 84.9 Å². The minimum absolute atomic E-state index is 0.189. The summed E-state index contributed by atoms with van der Waals surface area (Å²) in [6.07, 6.45) is 4.89. The van der Waals surface area contributed by atoms with Gasteiger partial charge in [0, 0.05) is 19.8 Å². The monoisotopic (exact) mass is 394 g/mol. The predicted octanol–water partition coefficient (Wildman–Crippen LogP) is 4.99. The Morgan fingerprint density at radius 2 is 1.50 bits per heavy atom. The maximum absolute atomic E-state index is 13.1. The van der Waals surface area contributed by atoms with Crippen molar-refractivity contribution in [2.24, 2.45) is 0 Å². The molecule has 0 amide bonds. The first kappa shape index (κ1) is 25.7. The fourth-order valence-corrected chi connectivity index (χ4v) is 4.66. The molecule has 0 bridgehead atoms. The number of carbonyl (C=O) groups is 1. The molecule has 0 aliphatic rings. The molecule has 0 aromatic carbocycles. The van der Waals surface area contributed by atoms with Crippen molar-refractivity contribution < 1.29 is 27.9 Å². The fraction of sp³-hybridized carbons (Fsp3) is 0.947. The van der Waals surface area contributed by atoms with E-state index in [1.807, 2.05) is 0 Å². The Labute approximate surface area is 159 Å². The number of rotatable bonds is 18. The number of ether oxygens (including phenoxy) is 2. The summed E-state index contributed by atoms with van der Waals surface area (Å²) >= 11 is 0. The van der Waals surface area contributed by atoms with Crippen molar-refractivity contribution in [3.05, 3.63) is 0 Å². The quantitative estimate of drug-likeness (QED) is 0.241. The van der Waals surface area contributed by atoms with E-state index in [1.165, 1.54) is 6.92 Å². The maximum Gasteiger partial charge on any atom is 0.341 e. The van der Waals surface area contributed by atoms with Gasteiger partial charge in [-0.15, -0.1) is 0 Å². The van der Waals surface area contributed by atoms with E-state index in [0.29, 0.717) is 26.1 Å². The normalized spacial score (nSPS) is 14.3. The minimum atomic E-state index is -3.50. The molecule has 2 atom stereocenters. The van der Waals surface area contributed by atoms with Gasteiger partial charge in [-0.3, -0.25) is 9.36 Å². The third kappa shape index (κ3) is 10.8. The second-order valence-corrected chi connectivity index (χ2v) is 8.56. The highest BCUT2D eigenvalue weighted by atomic mass is 31.2. The molecule has 0 spiro atoms. The van der Waals surface area contributed by atoms with Crippen LogP contribution < -0.4 is 0 Å². The van der Waals surface area contributed by atoms with Gasteiger partial charge in [-0.1, -0.05) is 26.7 Å². The van der Waals surface area contributed by atoms with E-state index >= 15 is 0 Å². The maximum atomic E-state index is 13.1. The molecular weight excluding hydrogens is 355 g/mol. The lowest BCUT2D eigenvalue weighted by Gasteiger charge is -2.28. The van der Waals surface area contributed by atoms with Crippen molar-refractivity contribution in [3.63, 3.8) is 0 Å². The molecule has 7 heteroatoms. The van der Waals surface area contributed by atoms with E-state index in [1.54, 1.807) is 13.8 Å². The molecule has 0 saturated carbocycles. The Kier molecular flexibility index (Phi) is 15.6. The molecule has 2 unspecified atom stereocenters. The van der Waals surface area contributed by atoms with Crippen LogP contribution in [-0.2, 0) is 27.9 Å². The molecule has 0 heterocycles. The molecule has 0 fully saturated rings. The number of Topliss-reactive ketones (excluding diaryl/α,β-unsaturated/α-hetero) is 1. The third-order valence-corrected chi connectivity index (χ3v) is 6.61. The Morgan fingerprint density at radius 3 is 2.00 bits per heavy atom. The second kappa shape index (κ2) is 15.8. The molecule has 6 nitrogen and oxygen atoms in total. The summed E-state index contributed by atoms with van der Waals surface area (Å²) in [5.41, 5.74) is -0.801. The largest absolute Gasteiger partial charge is 0.381 e. The van der Waals surface area contributed by atoms with Crippen molar-refractivity contribution in [1.82, 2.24) is 0 Å². The summed E-state index contributed by atoms with van der Waals surface area (Å²) < 4.78 is 35.5. The van der Waals surface area contributed by atoms with Gasteiger partial charge in [-0.05, 0) is 46.5 Å². The van der Waals surface area contributed by atoms with Crippen molar-refractivity contribution in [2.75, 3.05) is 33.0 Å². The van der Waals surface area contributed by atoms with E-state index in [0.717, 1.165) is 32.3 Å². The van der Waals surface area contributed by atoms with Gasteiger partial charge >= 0.3 is 7.60 Å². The molecule has 0 aliphatic carbocycles. The van der Waals surface area contributed by atoms with Gasteiger partial charge in [-0.25, -0.2) is 0 Å². The number of unbranched alkanes of at least 4 members (excludes halogenated alkanes) is 2. The number of carbonyl (C=O) groups excluding carboxylic acids is 1. The lowest BCUT2D eigenvalue weighted by Crippen LogP contribution is -2.29. The zero-order valence-corrected chi connectivity index (χ0v) is 18.2. The van der Waals surface area contributed by atoms with Crippen LogP contribution in [0.4, 0.5) is 0 Å². The average molecular weight is 394 g/mol. The zero-order valence-electron chi connectivity index (χ0n) is 17.3. The van der Waals surface area contributed by atoms with Crippen molar-refractivity contribution in [1.29, 1.82) is 0 Å². The summed E-state index contributed by atoms with van der Waals surface area (Å²) in [5, 5.41) is 0. The first-order chi connectivity index (χ1) is 12.4. The van der Waals surface area contributed by atoms with E-state index < -0.39 is 13.3 Å². The fourth-order valence-electron chi connectivity index (χ4n) is 2.57. The van der Waals surface area contributed by atoms with Crippen molar-refractivity contribution >= 4 is 13.4 Å². The van der Waals surface area contributed by atoms with Crippen LogP contribution in [0.25, 0.3) is 0 Å². The van der Waals surface area contributed by atoms with E-state index in [2.05, 4.69) is 13.8 Å². The van der Waals surface area contributed by atoms with Gasteiger partial charge in [0.05, 0.1) is 19.3 Å². The Morgan fingerprint density at radius 1 is 0.923 bits per heavy atom. The zero-order chi connectivity index (χ0) is 19.8. The molecule has 0 aromatic heterocycles. The number of hydrogen-bond acceptors (Lipinski definition) is 6. The van der Waals surface area contributed by atoms with Gasteiger partial charge in [0.2, 0.25) is 0 Å². The van der Waals surface area contributed by atoms with Crippen molar-refractivity contribution in [3.8, 4) is 0 Å². The standard InChI is InChI=1S/C19H39O6P/c1-6-10-13-22-15-12-18(23-14-11-7-2)16-19(17(5)20)26(21,24-8-3)25-9-4/h18-19H,6-16H2,1-5H3. The molecule has 0 aliphatic heterocycles. The molecule has 0 radical (unpaired) electrons. The first-order valence-corrected chi connectivity index (χ1v) is 11.6. The van der Waals surface area contributed by atoms with Gasteiger partial charge < -0.3 is 18.5 Å². The topological polar surface area (TPSA) is 71.1 Å². The summed E-state index contributed by atoms with van der Waals surface area (Å²) in [6.45, 7) is 11.5. The molecule has 156 valence electrons. The first-order valence-electron chi connectivity index (χ1n) is 10.0. The van der Waals surface area contributed by atoms with Crippen LogP contribution in [0.2, 0.25) is 0 Å².